The van der Waals surface area contributed by atoms with Gasteiger partial charge < -0.3 is 19.5 Å². The number of rotatable bonds is 7. The average molecular weight is 321 g/mol. The van der Waals surface area contributed by atoms with Gasteiger partial charge in [0.1, 0.15) is 6.61 Å². The number of methoxy groups -OCH3 is 1. The molecule has 7 nitrogen and oxygen atoms in total. The van der Waals surface area contributed by atoms with Gasteiger partial charge in [0.25, 0.3) is 0 Å². The molecule has 7 heteroatoms. The Morgan fingerprint density at radius 1 is 1.09 bits per heavy atom. The lowest BCUT2D eigenvalue weighted by molar-refractivity contribution is -0.139. The summed E-state index contributed by atoms with van der Waals surface area (Å²) >= 11 is 0. The highest BCUT2D eigenvalue weighted by Crippen LogP contribution is 2.13. The molecule has 0 radical (unpaired) electrons. The minimum absolute atomic E-state index is 0.104. The molecule has 0 fully saturated rings. The second kappa shape index (κ2) is 9.99. The second-order valence-electron chi connectivity index (χ2n) is 4.31. The molecule has 1 amide bonds. The molecular formula is C16H19NO6. The lowest BCUT2D eigenvalue weighted by Crippen LogP contribution is -2.32. The van der Waals surface area contributed by atoms with Gasteiger partial charge in [-0.3, -0.25) is 0 Å². The lowest BCUT2D eigenvalue weighted by atomic mass is 10.1. The predicted octanol–water partition coefficient (Wildman–Crippen LogP) is 1.75. The van der Waals surface area contributed by atoms with Gasteiger partial charge in [-0.05, 0) is 12.5 Å². The molecule has 0 saturated carbocycles. The molecule has 0 heterocycles. The van der Waals surface area contributed by atoms with Crippen molar-refractivity contribution in [2.24, 2.45) is 0 Å². The Morgan fingerprint density at radius 2 is 1.74 bits per heavy atom. The smallest absolute Gasteiger partial charge is 0.407 e. The van der Waals surface area contributed by atoms with Crippen molar-refractivity contribution in [1.82, 2.24) is 5.32 Å². The zero-order valence-corrected chi connectivity index (χ0v) is 13.0. The molecular weight excluding hydrogens is 302 g/mol. The van der Waals surface area contributed by atoms with E-state index in [-0.39, 0.29) is 13.2 Å². The molecule has 0 unspecified atom stereocenters. The van der Waals surface area contributed by atoms with Crippen LogP contribution in [0.1, 0.15) is 18.5 Å². The van der Waals surface area contributed by atoms with E-state index in [1.54, 1.807) is 31.2 Å². The fourth-order valence-electron chi connectivity index (χ4n) is 1.64. The maximum Gasteiger partial charge on any atom is 0.407 e. The third-order valence-electron chi connectivity index (χ3n) is 2.72. The highest BCUT2D eigenvalue weighted by molar-refractivity contribution is 5.91. The van der Waals surface area contributed by atoms with Crippen molar-refractivity contribution in [3.05, 3.63) is 48.0 Å². The number of hydrogen-bond acceptors (Lipinski definition) is 6. The van der Waals surface area contributed by atoms with Gasteiger partial charge in [0.15, 0.2) is 0 Å². The molecule has 1 atom stereocenters. The van der Waals surface area contributed by atoms with Crippen molar-refractivity contribution >= 4 is 18.0 Å². The minimum atomic E-state index is -0.720. The quantitative estimate of drug-likeness (QED) is 0.467. The van der Waals surface area contributed by atoms with E-state index in [9.17, 15) is 14.4 Å². The fourth-order valence-corrected chi connectivity index (χ4v) is 1.64. The molecule has 1 N–H and O–H groups in total. The average Bonchev–Trinajstić information content (AvgIpc) is 2.57. The zero-order valence-electron chi connectivity index (χ0n) is 13.0. The van der Waals surface area contributed by atoms with Gasteiger partial charge in [-0.2, -0.15) is 0 Å². The summed E-state index contributed by atoms with van der Waals surface area (Å²) in [5.74, 6) is -1.38. The third kappa shape index (κ3) is 7.12. The number of nitrogens with one attached hydrogen (secondary N) is 1. The van der Waals surface area contributed by atoms with Crippen LogP contribution in [0.3, 0.4) is 0 Å². The van der Waals surface area contributed by atoms with E-state index in [0.717, 1.165) is 17.7 Å². The summed E-state index contributed by atoms with van der Waals surface area (Å²) in [6, 6.07) is 8.44. The van der Waals surface area contributed by atoms with Gasteiger partial charge in [-0.1, -0.05) is 30.3 Å². The van der Waals surface area contributed by atoms with Gasteiger partial charge >= 0.3 is 18.0 Å². The second-order valence-corrected chi connectivity index (χ2v) is 4.31. The first kappa shape index (κ1) is 18.2. The van der Waals surface area contributed by atoms with Crippen molar-refractivity contribution in [2.75, 3.05) is 20.3 Å². The number of carbonyl (C=O) groups is 3. The first-order valence-electron chi connectivity index (χ1n) is 6.97. The minimum Gasteiger partial charge on any atom is -0.466 e. The van der Waals surface area contributed by atoms with Crippen LogP contribution in [-0.4, -0.2) is 38.4 Å². The molecule has 23 heavy (non-hydrogen) atoms. The number of alkyl carbamates (subject to hydrolysis) is 1. The first-order chi connectivity index (χ1) is 11.1. The monoisotopic (exact) mass is 321 g/mol. The number of esters is 2. The van der Waals surface area contributed by atoms with Crippen molar-refractivity contribution in [1.29, 1.82) is 0 Å². The molecule has 0 spiro atoms. The summed E-state index contributed by atoms with van der Waals surface area (Å²) in [6.45, 7) is 1.82. The Bertz CT molecular complexity index is 555. The van der Waals surface area contributed by atoms with E-state index in [0.29, 0.717) is 0 Å². The van der Waals surface area contributed by atoms with Gasteiger partial charge in [-0.15, -0.1) is 0 Å². The standard InChI is InChI=1S/C16H19NO6/c1-3-22-16(20)17-13(12-7-5-4-6-8-12)11-23-15(19)10-9-14(18)21-2/h4-10,13H,3,11H2,1-2H3,(H,17,20)/b10-9+/t13-/m0/s1. The molecule has 0 aliphatic carbocycles. The number of hydrogen-bond donors (Lipinski definition) is 1. The van der Waals surface area contributed by atoms with Crippen molar-refractivity contribution in [2.45, 2.75) is 13.0 Å². The van der Waals surface area contributed by atoms with E-state index in [1.165, 1.54) is 7.11 Å². The van der Waals surface area contributed by atoms with E-state index < -0.39 is 24.1 Å². The van der Waals surface area contributed by atoms with E-state index in [1.807, 2.05) is 6.07 Å². The largest absolute Gasteiger partial charge is 0.466 e. The summed E-state index contributed by atoms with van der Waals surface area (Å²) in [5.41, 5.74) is 0.755. The summed E-state index contributed by atoms with van der Waals surface area (Å²) in [6.07, 6.45) is 1.30. The maximum atomic E-state index is 11.6. The van der Waals surface area contributed by atoms with Gasteiger partial charge in [0, 0.05) is 12.2 Å². The Balaban J connectivity index is 2.66. The fraction of sp³-hybridized carbons (Fsp3) is 0.312. The Labute approximate surface area is 134 Å². The van der Waals surface area contributed by atoms with Gasteiger partial charge in [-0.25, -0.2) is 14.4 Å². The van der Waals surface area contributed by atoms with Crippen LogP contribution in [-0.2, 0) is 23.8 Å². The van der Waals surface area contributed by atoms with Gasteiger partial charge in [0.2, 0.25) is 0 Å². The Morgan fingerprint density at radius 3 is 2.35 bits per heavy atom. The zero-order chi connectivity index (χ0) is 17.1. The summed E-state index contributed by atoms with van der Waals surface area (Å²) in [5, 5.41) is 2.61. The van der Waals surface area contributed by atoms with E-state index in [2.05, 4.69) is 10.1 Å². The van der Waals surface area contributed by atoms with Crippen molar-refractivity contribution < 1.29 is 28.6 Å². The molecule has 1 rings (SSSR count). The molecule has 0 aromatic heterocycles. The van der Waals surface area contributed by atoms with E-state index in [4.69, 9.17) is 9.47 Å². The Hall–Kier alpha value is -2.83. The van der Waals surface area contributed by atoms with Crippen LogP contribution in [0.4, 0.5) is 4.79 Å². The molecule has 0 saturated heterocycles. The molecule has 124 valence electrons. The first-order valence-corrected chi connectivity index (χ1v) is 6.97. The molecule has 0 aliphatic rings. The number of benzene rings is 1. The maximum absolute atomic E-state index is 11.6. The molecule has 1 aromatic carbocycles. The predicted molar refractivity (Wildman–Crippen MR) is 81.5 cm³/mol. The summed E-state index contributed by atoms with van der Waals surface area (Å²) in [4.78, 5) is 34.0. The van der Waals surface area contributed by atoms with E-state index >= 15 is 0 Å². The SMILES string of the molecule is CCOC(=O)N[C@@H](COC(=O)/C=C/C(=O)OC)c1ccccc1. The van der Waals surface area contributed by atoms with Crippen molar-refractivity contribution in [3.8, 4) is 0 Å². The van der Waals surface area contributed by atoms with Crippen LogP contribution < -0.4 is 5.32 Å². The van der Waals surface area contributed by atoms with Crippen LogP contribution in [0, 0.1) is 0 Å². The van der Waals surface area contributed by atoms with Crippen LogP contribution >= 0.6 is 0 Å². The topological polar surface area (TPSA) is 90.9 Å². The van der Waals surface area contributed by atoms with Crippen LogP contribution in [0.5, 0.6) is 0 Å². The third-order valence-corrected chi connectivity index (χ3v) is 2.72. The summed E-state index contributed by atoms with van der Waals surface area (Å²) < 4.78 is 14.2. The molecule has 0 bridgehead atoms. The highest BCUT2D eigenvalue weighted by atomic mass is 16.6. The normalized spacial score (nSPS) is 11.6. The number of amides is 1. The van der Waals surface area contributed by atoms with Gasteiger partial charge in [0.05, 0.1) is 19.8 Å². The highest BCUT2D eigenvalue weighted by Gasteiger charge is 2.17. The molecule has 1 aromatic rings. The lowest BCUT2D eigenvalue weighted by Gasteiger charge is -2.18. The Kier molecular flexibility index (Phi) is 7.91. The summed E-state index contributed by atoms with van der Waals surface area (Å²) in [7, 11) is 1.20. The van der Waals surface area contributed by atoms with Crippen LogP contribution in [0.15, 0.2) is 42.5 Å². The van der Waals surface area contributed by atoms with Crippen molar-refractivity contribution in [3.63, 3.8) is 0 Å². The number of ether oxygens (including phenoxy) is 3. The van der Waals surface area contributed by atoms with Crippen LogP contribution in [0.2, 0.25) is 0 Å². The number of carbonyl (C=O) groups excluding carboxylic acids is 3. The van der Waals surface area contributed by atoms with Crippen LogP contribution in [0.25, 0.3) is 0 Å². The molecule has 0 aliphatic heterocycles.